The normalized spacial score (nSPS) is 11.4. The van der Waals surface area contributed by atoms with E-state index in [1.54, 1.807) is 0 Å². The van der Waals surface area contributed by atoms with Gasteiger partial charge in [0.15, 0.2) is 0 Å². The molecule has 0 saturated heterocycles. The van der Waals surface area contributed by atoms with E-state index in [0.717, 1.165) is 6.07 Å². The van der Waals surface area contributed by atoms with Gasteiger partial charge in [-0.2, -0.15) is 13.2 Å². The third kappa shape index (κ3) is 3.76. The summed E-state index contributed by atoms with van der Waals surface area (Å²) in [6, 6.07) is 2.50. The van der Waals surface area contributed by atoms with E-state index in [4.69, 9.17) is 11.6 Å². The highest BCUT2D eigenvalue weighted by molar-refractivity contribution is 6.31. The van der Waals surface area contributed by atoms with Crippen molar-refractivity contribution in [3.8, 4) is 0 Å². The summed E-state index contributed by atoms with van der Waals surface area (Å²) >= 11 is 5.77. The summed E-state index contributed by atoms with van der Waals surface area (Å²) in [5.74, 6) is 0. The fraction of sp³-hybridized carbons (Fsp3) is 0.400. The zero-order valence-electron chi connectivity index (χ0n) is 9.34. The average molecular weight is 283 g/mol. The van der Waals surface area contributed by atoms with Gasteiger partial charge in [0.1, 0.15) is 5.69 Å². The third-order valence-corrected chi connectivity index (χ3v) is 2.69. The first-order chi connectivity index (χ1) is 8.22. The Bertz CT molecular complexity index is 463. The van der Waals surface area contributed by atoms with Crippen LogP contribution >= 0.6 is 11.6 Å². The van der Waals surface area contributed by atoms with Crippen molar-refractivity contribution in [3.63, 3.8) is 0 Å². The van der Waals surface area contributed by atoms with Crippen LogP contribution in [0.5, 0.6) is 0 Å². The minimum atomic E-state index is -4.31. The quantitative estimate of drug-likeness (QED) is 0.672. The molecule has 0 saturated carbocycles. The molecule has 1 rings (SSSR count). The summed E-state index contributed by atoms with van der Waals surface area (Å²) in [4.78, 5) is 10.1. The molecule has 100 valence electrons. The molecule has 0 aromatic heterocycles. The molecule has 1 aromatic carbocycles. The minimum absolute atomic E-state index is 0.0248. The van der Waals surface area contributed by atoms with Crippen molar-refractivity contribution in [3.05, 3.63) is 32.8 Å². The van der Waals surface area contributed by atoms with Crippen molar-refractivity contribution in [2.75, 3.05) is 11.9 Å². The number of nitro groups is 1. The van der Waals surface area contributed by atoms with E-state index < -0.39 is 24.1 Å². The van der Waals surface area contributed by atoms with Crippen LogP contribution in [0.3, 0.4) is 0 Å². The lowest BCUT2D eigenvalue weighted by atomic mass is 10.1. The van der Waals surface area contributed by atoms with Crippen LogP contribution in [0.15, 0.2) is 12.1 Å². The first-order valence-electron chi connectivity index (χ1n) is 4.96. The predicted octanol–water partition coefficient (Wildman–Crippen LogP) is 3.92. The van der Waals surface area contributed by atoms with Crippen molar-refractivity contribution in [1.29, 1.82) is 0 Å². The van der Waals surface area contributed by atoms with Crippen LogP contribution in [-0.4, -0.2) is 17.6 Å². The molecule has 8 heteroatoms. The van der Waals surface area contributed by atoms with E-state index in [-0.39, 0.29) is 16.4 Å². The molecular weight excluding hydrogens is 273 g/mol. The van der Waals surface area contributed by atoms with Crippen molar-refractivity contribution in [1.82, 2.24) is 0 Å². The largest absolute Gasteiger partial charge is 0.390 e. The molecule has 0 aliphatic rings. The molecular formula is C10H10ClF3N2O2. The highest BCUT2D eigenvalue weighted by Crippen LogP contribution is 2.33. The molecule has 18 heavy (non-hydrogen) atoms. The number of hydrogen-bond acceptors (Lipinski definition) is 3. The van der Waals surface area contributed by atoms with E-state index in [2.05, 4.69) is 5.32 Å². The molecule has 0 fully saturated rings. The zero-order valence-corrected chi connectivity index (χ0v) is 10.1. The van der Waals surface area contributed by atoms with Gasteiger partial charge in [-0.25, -0.2) is 0 Å². The molecule has 1 N–H and O–H groups in total. The summed E-state index contributed by atoms with van der Waals surface area (Å²) in [6.07, 6.45) is -5.38. The van der Waals surface area contributed by atoms with Crippen molar-refractivity contribution < 1.29 is 18.1 Å². The van der Waals surface area contributed by atoms with Gasteiger partial charge >= 0.3 is 6.18 Å². The van der Waals surface area contributed by atoms with Gasteiger partial charge in [-0.05, 0) is 18.6 Å². The van der Waals surface area contributed by atoms with E-state index in [1.807, 2.05) is 0 Å². The third-order valence-electron chi connectivity index (χ3n) is 2.28. The lowest BCUT2D eigenvalue weighted by molar-refractivity contribution is -0.384. The maximum absolute atomic E-state index is 12.0. The van der Waals surface area contributed by atoms with Crippen LogP contribution in [0.1, 0.15) is 12.0 Å². The highest BCUT2D eigenvalue weighted by atomic mass is 35.5. The topological polar surface area (TPSA) is 55.2 Å². The molecule has 0 amide bonds. The van der Waals surface area contributed by atoms with E-state index in [1.165, 1.54) is 13.0 Å². The van der Waals surface area contributed by atoms with Gasteiger partial charge in [0.05, 0.1) is 11.3 Å². The molecule has 0 aliphatic carbocycles. The first kappa shape index (κ1) is 14.6. The fourth-order valence-corrected chi connectivity index (χ4v) is 1.53. The van der Waals surface area contributed by atoms with Crippen LogP contribution in [0.25, 0.3) is 0 Å². The number of nitrogens with zero attached hydrogens (tertiary/aromatic N) is 1. The Morgan fingerprint density at radius 1 is 1.44 bits per heavy atom. The number of benzene rings is 1. The van der Waals surface area contributed by atoms with Gasteiger partial charge in [0, 0.05) is 17.6 Å². The smallest absolute Gasteiger partial charge is 0.379 e. The molecule has 0 spiro atoms. The predicted molar refractivity (Wildman–Crippen MR) is 62.0 cm³/mol. The minimum Gasteiger partial charge on any atom is -0.379 e. The SMILES string of the molecule is Cc1c(Cl)ccc([N+](=O)[O-])c1NCCC(F)(F)F. The lowest BCUT2D eigenvalue weighted by Gasteiger charge is -2.12. The summed E-state index contributed by atoms with van der Waals surface area (Å²) in [6.45, 7) is 1.07. The molecule has 0 radical (unpaired) electrons. The molecule has 0 aliphatic heterocycles. The average Bonchev–Trinajstić information content (AvgIpc) is 2.22. The number of nitrogens with one attached hydrogen (secondary N) is 1. The monoisotopic (exact) mass is 282 g/mol. The number of alkyl halides is 3. The Morgan fingerprint density at radius 3 is 2.56 bits per heavy atom. The molecule has 0 heterocycles. The lowest BCUT2D eigenvalue weighted by Crippen LogP contribution is -2.15. The van der Waals surface area contributed by atoms with Crippen LogP contribution in [0.2, 0.25) is 5.02 Å². The van der Waals surface area contributed by atoms with Crippen molar-refractivity contribution in [2.45, 2.75) is 19.5 Å². The number of halogens is 4. The number of nitro benzene ring substituents is 1. The van der Waals surface area contributed by atoms with Gasteiger partial charge in [-0.1, -0.05) is 11.6 Å². The second-order valence-electron chi connectivity index (χ2n) is 3.62. The van der Waals surface area contributed by atoms with E-state index >= 15 is 0 Å². The van der Waals surface area contributed by atoms with Crippen molar-refractivity contribution in [2.24, 2.45) is 0 Å². The van der Waals surface area contributed by atoms with Crippen LogP contribution in [0.4, 0.5) is 24.5 Å². The number of hydrogen-bond donors (Lipinski definition) is 1. The van der Waals surface area contributed by atoms with Crippen molar-refractivity contribution >= 4 is 23.0 Å². The standard InChI is InChI=1S/C10H10ClF3N2O2/c1-6-7(11)2-3-8(16(17)18)9(6)15-5-4-10(12,13)14/h2-3,15H,4-5H2,1H3. The van der Waals surface area contributed by atoms with Gasteiger partial charge < -0.3 is 5.32 Å². The maximum Gasteiger partial charge on any atom is 0.390 e. The Labute approximate surface area is 106 Å². The summed E-state index contributed by atoms with van der Waals surface area (Å²) in [5, 5.41) is 13.4. The Kier molecular flexibility index (Phi) is 4.39. The molecule has 0 atom stereocenters. The Hall–Kier alpha value is -1.50. The van der Waals surface area contributed by atoms with Crippen LogP contribution in [-0.2, 0) is 0 Å². The zero-order chi connectivity index (χ0) is 13.9. The van der Waals surface area contributed by atoms with E-state index in [0.29, 0.717) is 5.56 Å². The molecule has 4 nitrogen and oxygen atoms in total. The summed E-state index contributed by atoms with van der Waals surface area (Å²) < 4.78 is 36.0. The van der Waals surface area contributed by atoms with E-state index in [9.17, 15) is 23.3 Å². The van der Waals surface area contributed by atoms with Crippen LogP contribution < -0.4 is 5.32 Å². The van der Waals surface area contributed by atoms with Crippen LogP contribution in [0, 0.1) is 17.0 Å². The van der Waals surface area contributed by atoms with Gasteiger partial charge in [0.25, 0.3) is 5.69 Å². The molecule has 0 unspecified atom stereocenters. The first-order valence-corrected chi connectivity index (χ1v) is 5.34. The second kappa shape index (κ2) is 5.43. The summed E-state index contributed by atoms with van der Waals surface area (Å²) in [5.41, 5.74) is 0.0869. The van der Waals surface area contributed by atoms with Gasteiger partial charge in [-0.15, -0.1) is 0 Å². The highest BCUT2D eigenvalue weighted by Gasteiger charge is 2.27. The fourth-order valence-electron chi connectivity index (χ4n) is 1.38. The van der Waals surface area contributed by atoms with Gasteiger partial charge in [0.2, 0.25) is 0 Å². The number of rotatable bonds is 4. The Morgan fingerprint density at radius 2 is 2.06 bits per heavy atom. The van der Waals surface area contributed by atoms with Gasteiger partial charge in [-0.3, -0.25) is 10.1 Å². The summed E-state index contributed by atoms with van der Waals surface area (Å²) in [7, 11) is 0. The number of anilines is 1. The molecule has 1 aromatic rings. The maximum atomic E-state index is 12.0. The Balaban J connectivity index is 2.92. The second-order valence-corrected chi connectivity index (χ2v) is 4.02. The molecule has 0 bridgehead atoms.